The molecule has 1 N–H and O–H groups in total. The van der Waals surface area contributed by atoms with E-state index in [-0.39, 0.29) is 11.8 Å². The first-order valence-electron chi connectivity index (χ1n) is 8.76. The summed E-state index contributed by atoms with van der Waals surface area (Å²) in [6.45, 7) is 4.06. The van der Waals surface area contributed by atoms with Gasteiger partial charge in [0.15, 0.2) is 0 Å². The Labute approximate surface area is 146 Å². The third kappa shape index (κ3) is 2.56. The molecule has 6 nitrogen and oxygen atoms in total. The standard InChI is InChI=1S/C19H23N3O3/c1-13(23)21-7-9-22(10-8-21)18(24)19(5-6-19)16-12-20-17-4-3-14(25-2)11-15(16)17/h3-4,11-12,20H,5-10H2,1-2H3. The molecule has 2 amide bonds. The number of carbonyl (C=O) groups excluding carboxylic acids is 2. The molecule has 1 saturated heterocycles. The van der Waals surface area contributed by atoms with Crippen LogP contribution in [0.5, 0.6) is 5.75 Å². The van der Waals surface area contributed by atoms with Gasteiger partial charge in [-0.3, -0.25) is 9.59 Å². The van der Waals surface area contributed by atoms with Crippen LogP contribution in [0.2, 0.25) is 0 Å². The summed E-state index contributed by atoms with van der Waals surface area (Å²) >= 11 is 0. The van der Waals surface area contributed by atoms with E-state index in [9.17, 15) is 9.59 Å². The molecule has 0 radical (unpaired) electrons. The minimum atomic E-state index is -0.414. The van der Waals surface area contributed by atoms with Crippen LogP contribution in [-0.2, 0) is 15.0 Å². The second-order valence-electron chi connectivity index (χ2n) is 6.99. The minimum Gasteiger partial charge on any atom is -0.497 e. The largest absolute Gasteiger partial charge is 0.497 e. The van der Waals surface area contributed by atoms with Gasteiger partial charge >= 0.3 is 0 Å². The number of ether oxygens (including phenoxy) is 1. The van der Waals surface area contributed by atoms with Crippen molar-refractivity contribution in [2.45, 2.75) is 25.2 Å². The number of amides is 2. The van der Waals surface area contributed by atoms with Gasteiger partial charge in [-0.15, -0.1) is 0 Å². The molecule has 0 bridgehead atoms. The monoisotopic (exact) mass is 341 g/mol. The van der Waals surface area contributed by atoms with Crippen LogP contribution in [0.15, 0.2) is 24.4 Å². The average Bonchev–Trinajstić information content (AvgIpc) is 3.33. The number of nitrogens with one attached hydrogen (secondary N) is 1. The Morgan fingerprint density at radius 2 is 1.80 bits per heavy atom. The lowest BCUT2D eigenvalue weighted by molar-refractivity contribution is -0.140. The smallest absolute Gasteiger partial charge is 0.233 e. The van der Waals surface area contributed by atoms with E-state index in [1.54, 1.807) is 18.9 Å². The number of rotatable bonds is 3. The molecule has 0 atom stereocenters. The summed E-state index contributed by atoms with van der Waals surface area (Å²) in [4.78, 5) is 31.7. The molecular weight excluding hydrogens is 318 g/mol. The Bertz CT molecular complexity index is 830. The molecule has 1 aliphatic carbocycles. The minimum absolute atomic E-state index is 0.0805. The zero-order valence-electron chi connectivity index (χ0n) is 14.7. The van der Waals surface area contributed by atoms with Gasteiger partial charge in [-0.05, 0) is 36.6 Å². The van der Waals surface area contributed by atoms with Crippen molar-refractivity contribution in [2.24, 2.45) is 0 Å². The second kappa shape index (κ2) is 5.79. The van der Waals surface area contributed by atoms with Crippen molar-refractivity contribution < 1.29 is 14.3 Å². The number of H-pyrrole nitrogens is 1. The lowest BCUT2D eigenvalue weighted by atomic mass is 9.93. The molecule has 1 aliphatic heterocycles. The topological polar surface area (TPSA) is 65.6 Å². The molecular formula is C19H23N3O3. The van der Waals surface area contributed by atoms with E-state index >= 15 is 0 Å². The number of nitrogens with zero attached hydrogens (tertiary/aromatic N) is 2. The van der Waals surface area contributed by atoms with Crippen LogP contribution in [0, 0.1) is 0 Å². The quantitative estimate of drug-likeness (QED) is 0.927. The van der Waals surface area contributed by atoms with Gasteiger partial charge < -0.3 is 19.5 Å². The fourth-order valence-electron chi connectivity index (χ4n) is 3.87. The number of aromatic nitrogens is 1. The van der Waals surface area contributed by atoms with Gasteiger partial charge in [-0.1, -0.05) is 0 Å². The second-order valence-corrected chi connectivity index (χ2v) is 6.99. The fraction of sp³-hybridized carbons (Fsp3) is 0.474. The Kier molecular flexibility index (Phi) is 3.71. The molecule has 2 aliphatic rings. The van der Waals surface area contributed by atoms with Crippen molar-refractivity contribution in [1.29, 1.82) is 0 Å². The first-order chi connectivity index (χ1) is 12.0. The maximum atomic E-state index is 13.2. The van der Waals surface area contributed by atoms with Crippen LogP contribution < -0.4 is 4.74 Å². The van der Waals surface area contributed by atoms with E-state index in [4.69, 9.17) is 4.74 Å². The fourth-order valence-corrected chi connectivity index (χ4v) is 3.87. The molecule has 0 spiro atoms. The Morgan fingerprint density at radius 3 is 2.40 bits per heavy atom. The van der Waals surface area contributed by atoms with E-state index in [1.165, 1.54) is 0 Å². The summed E-state index contributed by atoms with van der Waals surface area (Å²) < 4.78 is 5.34. The number of benzene rings is 1. The highest BCUT2D eigenvalue weighted by atomic mass is 16.5. The van der Waals surface area contributed by atoms with Crippen molar-refractivity contribution in [2.75, 3.05) is 33.3 Å². The number of piperazine rings is 1. The van der Waals surface area contributed by atoms with Gasteiger partial charge in [0.1, 0.15) is 5.75 Å². The molecule has 1 aromatic heterocycles. The van der Waals surface area contributed by atoms with Gasteiger partial charge in [0.05, 0.1) is 12.5 Å². The number of methoxy groups -OCH3 is 1. The lowest BCUT2D eigenvalue weighted by Crippen LogP contribution is -2.52. The zero-order valence-corrected chi connectivity index (χ0v) is 14.7. The van der Waals surface area contributed by atoms with Crippen molar-refractivity contribution in [1.82, 2.24) is 14.8 Å². The number of hydrogen-bond acceptors (Lipinski definition) is 3. The molecule has 1 aromatic carbocycles. The highest BCUT2D eigenvalue weighted by molar-refractivity contribution is 5.98. The Balaban J connectivity index is 1.60. The molecule has 4 rings (SSSR count). The molecule has 6 heteroatoms. The lowest BCUT2D eigenvalue weighted by Gasteiger charge is -2.36. The molecule has 2 fully saturated rings. The average molecular weight is 341 g/mol. The molecule has 25 heavy (non-hydrogen) atoms. The maximum Gasteiger partial charge on any atom is 0.233 e. The predicted molar refractivity (Wildman–Crippen MR) is 94.6 cm³/mol. The summed E-state index contributed by atoms with van der Waals surface area (Å²) in [5.74, 6) is 1.07. The Hall–Kier alpha value is -2.50. The van der Waals surface area contributed by atoms with Crippen molar-refractivity contribution >= 4 is 22.7 Å². The molecule has 132 valence electrons. The van der Waals surface area contributed by atoms with Crippen molar-refractivity contribution in [3.8, 4) is 5.75 Å². The van der Waals surface area contributed by atoms with Crippen molar-refractivity contribution in [3.63, 3.8) is 0 Å². The molecule has 1 saturated carbocycles. The predicted octanol–water partition coefficient (Wildman–Crippen LogP) is 1.90. The molecule has 0 unspecified atom stereocenters. The van der Waals surface area contributed by atoms with Gasteiger partial charge in [0, 0.05) is 50.2 Å². The highest BCUT2D eigenvalue weighted by Crippen LogP contribution is 2.52. The summed E-state index contributed by atoms with van der Waals surface area (Å²) in [6.07, 6.45) is 3.73. The van der Waals surface area contributed by atoms with Gasteiger partial charge in [-0.2, -0.15) is 0 Å². The molecule has 2 heterocycles. The van der Waals surface area contributed by atoms with E-state index in [2.05, 4.69) is 4.98 Å². The molecule has 2 aromatic rings. The zero-order chi connectivity index (χ0) is 17.6. The highest BCUT2D eigenvalue weighted by Gasteiger charge is 2.54. The van der Waals surface area contributed by atoms with Gasteiger partial charge in [-0.25, -0.2) is 0 Å². The Morgan fingerprint density at radius 1 is 1.12 bits per heavy atom. The number of hydrogen-bond donors (Lipinski definition) is 1. The summed E-state index contributed by atoms with van der Waals surface area (Å²) in [7, 11) is 1.65. The number of aromatic amines is 1. The maximum absolute atomic E-state index is 13.2. The van der Waals surface area contributed by atoms with Crippen LogP contribution in [0.1, 0.15) is 25.3 Å². The normalized spacial score (nSPS) is 19.1. The third-order valence-electron chi connectivity index (χ3n) is 5.58. The van der Waals surface area contributed by atoms with Crippen molar-refractivity contribution in [3.05, 3.63) is 30.0 Å². The van der Waals surface area contributed by atoms with Gasteiger partial charge in [0.2, 0.25) is 11.8 Å². The number of fused-ring (bicyclic) bond motifs is 1. The first kappa shape index (κ1) is 16.0. The van der Waals surface area contributed by atoms with E-state index in [0.717, 1.165) is 35.1 Å². The SMILES string of the molecule is COc1ccc2[nH]cc(C3(C(=O)N4CCN(C(C)=O)CC4)CC3)c2c1. The van der Waals surface area contributed by atoms with E-state index in [0.29, 0.717) is 26.2 Å². The van der Waals surface area contributed by atoms with E-state index < -0.39 is 5.41 Å². The van der Waals surface area contributed by atoms with Crippen LogP contribution in [0.3, 0.4) is 0 Å². The first-order valence-corrected chi connectivity index (χ1v) is 8.76. The van der Waals surface area contributed by atoms with Crippen LogP contribution in [0.4, 0.5) is 0 Å². The summed E-state index contributed by atoms with van der Waals surface area (Å²) in [5.41, 5.74) is 1.68. The number of carbonyl (C=O) groups is 2. The van der Waals surface area contributed by atoms with Crippen LogP contribution in [-0.4, -0.2) is 59.9 Å². The van der Waals surface area contributed by atoms with Crippen LogP contribution >= 0.6 is 0 Å². The summed E-state index contributed by atoms with van der Waals surface area (Å²) in [6, 6.07) is 5.91. The van der Waals surface area contributed by atoms with Crippen LogP contribution in [0.25, 0.3) is 10.9 Å². The van der Waals surface area contributed by atoms with Gasteiger partial charge in [0.25, 0.3) is 0 Å². The van der Waals surface area contributed by atoms with E-state index in [1.807, 2.05) is 29.3 Å². The third-order valence-corrected chi connectivity index (χ3v) is 5.58. The summed E-state index contributed by atoms with van der Waals surface area (Å²) in [5, 5.41) is 1.06.